The first-order valence-electron chi connectivity index (χ1n) is 3.63. The first-order valence-corrected chi connectivity index (χ1v) is 4.71. The number of hydrogen-bond donors (Lipinski definition) is 0. The van der Waals surface area contributed by atoms with Crippen LogP contribution >= 0.6 is 22.6 Å². The summed E-state index contributed by atoms with van der Waals surface area (Å²) < 4.78 is 3.29. The first kappa shape index (κ1) is 9.03. The predicted molar refractivity (Wildman–Crippen MR) is 54.7 cm³/mol. The Bertz CT molecular complexity index is 238. The lowest BCUT2D eigenvalue weighted by molar-refractivity contribution is 0.380. The Morgan fingerprint density at radius 3 is 2.18 bits per heavy atom. The zero-order chi connectivity index (χ0) is 8.65. The molecule has 62 valence electrons. The van der Waals surface area contributed by atoms with Gasteiger partial charge in [-0.2, -0.15) is 0 Å². The number of rotatable bonds is 0. The van der Waals surface area contributed by atoms with Crippen LogP contribution in [-0.4, -0.2) is 9.55 Å². The summed E-state index contributed by atoms with van der Waals surface area (Å²) >= 11 is 2.26. The average Bonchev–Trinajstić information content (AvgIpc) is 2.08. The van der Waals surface area contributed by atoms with Gasteiger partial charge in [-0.15, -0.1) is 0 Å². The molecule has 0 N–H and O–H groups in total. The molecule has 1 aromatic heterocycles. The highest BCUT2D eigenvalue weighted by molar-refractivity contribution is 14.1. The van der Waals surface area contributed by atoms with Crippen molar-refractivity contribution in [3.63, 3.8) is 0 Å². The summed E-state index contributed by atoms with van der Waals surface area (Å²) in [6.07, 6.45) is 1.91. The van der Waals surface area contributed by atoms with Crippen LogP contribution in [0.5, 0.6) is 0 Å². The Labute approximate surface area is 81.2 Å². The normalized spacial score (nSPS) is 12.1. The lowest BCUT2D eigenvalue weighted by Crippen LogP contribution is -2.24. The van der Waals surface area contributed by atoms with Crippen LogP contribution in [0.2, 0.25) is 0 Å². The summed E-state index contributed by atoms with van der Waals surface area (Å²) in [6.45, 7) is 8.64. The highest BCUT2D eigenvalue weighted by Crippen LogP contribution is 2.20. The van der Waals surface area contributed by atoms with E-state index in [0.717, 1.165) is 3.83 Å². The van der Waals surface area contributed by atoms with Crippen LogP contribution in [0.15, 0.2) is 6.20 Å². The Kier molecular flexibility index (Phi) is 2.27. The first-order chi connectivity index (χ1) is 4.93. The fourth-order valence-electron chi connectivity index (χ4n) is 1.21. The number of hydrogen-bond acceptors (Lipinski definition) is 1. The van der Waals surface area contributed by atoms with Gasteiger partial charge in [0.25, 0.3) is 0 Å². The summed E-state index contributed by atoms with van der Waals surface area (Å²) in [6, 6.07) is 0. The van der Waals surface area contributed by atoms with Gasteiger partial charge >= 0.3 is 0 Å². The molecule has 0 aliphatic rings. The second-order valence-electron chi connectivity index (χ2n) is 3.67. The molecule has 1 heterocycles. The van der Waals surface area contributed by atoms with E-state index in [-0.39, 0.29) is 5.54 Å². The molecule has 0 atom stereocenters. The van der Waals surface area contributed by atoms with Gasteiger partial charge in [-0.25, -0.2) is 4.98 Å². The zero-order valence-electron chi connectivity index (χ0n) is 7.35. The van der Waals surface area contributed by atoms with E-state index >= 15 is 0 Å². The molecule has 2 nitrogen and oxygen atoms in total. The molecule has 0 radical (unpaired) electrons. The van der Waals surface area contributed by atoms with Crippen LogP contribution in [0.3, 0.4) is 0 Å². The van der Waals surface area contributed by atoms with Crippen molar-refractivity contribution in [2.75, 3.05) is 0 Å². The zero-order valence-corrected chi connectivity index (χ0v) is 9.51. The second-order valence-corrected chi connectivity index (χ2v) is 4.64. The molecule has 0 aliphatic heterocycles. The maximum Gasteiger partial charge on any atom is 0.171 e. The standard InChI is InChI=1S/C8H13IN2/c1-6-5-10-7(9)11(6)8(2,3)4/h5H,1-4H3. The number of halogens is 1. The Morgan fingerprint density at radius 1 is 1.45 bits per heavy atom. The lowest BCUT2D eigenvalue weighted by Gasteiger charge is -2.23. The van der Waals surface area contributed by atoms with Gasteiger partial charge in [-0.3, -0.25) is 0 Å². The minimum Gasteiger partial charge on any atom is -0.319 e. The van der Waals surface area contributed by atoms with Gasteiger partial charge in [-0.1, -0.05) is 0 Å². The SMILES string of the molecule is Cc1cnc(I)n1C(C)(C)C. The fourth-order valence-corrected chi connectivity index (χ4v) is 2.46. The molecule has 0 aromatic carbocycles. The minimum absolute atomic E-state index is 0.150. The highest BCUT2D eigenvalue weighted by atomic mass is 127. The number of imidazole rings is 1. The van der Waals surface area contributed by atoms with Gasteiger partial charge in [-0.05, 0) is 50.3 Å². The van der Waals surface area contributed by atoms with Crippen molar-refractivity contribution in [3.05, 3.63) is 15.7 Å². The Hall–Kier alpha value is -0.0600. The number of nitrogens with zero attached hydrogens (tertiary/aromatic N) is 2. The van der Waals surface area contributed by atoms with E-state index in [1.54, 1.807) is 0 Å². The van der Waals surface area contributed by atoms with Crippen LogP contribution < -0.4 is 0 Å². The van der Waals surface area contributed by atoms with E-state index in [4.69, 9.17) is 0 Å². The van der Waals surface area contributed by atoms with Crippen LogP contribution in [0.4, 0.5) is 0 Å². The van der Waals surface area contributed by atoms with Gasteiger partial charge in [0.1, 0.15) is 0 Å². The van der Waals surface area contributed by atoms with Gasteiger partial charge in [0.15, 0.2) is 3.83 Å². The minimum atomic E-state index is 0.150. The summed E-state index contributed by atoms with van der Waals surface area (Å²) in [5, 5.41) is 0. The number of aromatic nitrogens is 2. The molecule has 1 rings (SSSR count). The van der Waals surface area contributed by atoms with Gasteiger partial charge < -0.3 is 4.57 Å². The quantitative estimate of drug-likeness (QED) is 0.658. The van der Waals surface area contributed by atoms with Crippen molar-refractivity contribution in [2.24, 2.45) is 0 Å². The fraction of sp³-hybridized carbons (Fsp3) is 0.625. The molecular formula is C8H13IN2. The van der Waals surface area contributed by atoms with E-state index in [1.807, 2.05) is 6.20 Å². The maximum absolute atomic E-state index is 4.23. The van der Waals surface area contributed by atoms with Gasteiger partial charge in [0.05, 0.1) is 0 Å². The molecule has 0 bridgehead atoms. The van der Waals surface area contributed by atoms with E-state index in [2.05, 4.69) is 59.8 Å². The molecule has 3 heteroatoms. The summed E-state index contributed by atoms with van der Waals surface area (Å²) in [5.74, 6) is 0. The van der Waals surface area contributed by atoms with Crippen molar-refractivity contribution < 1.29 is 0 Å². The molecule has 0 aliphatic carbocycles. The van der Waals surface area contributed by atoms with Crippen LogP contribution in [-0.2, 0) is 5.54 Å². The molecule has 0 saturated heterocycles. The van der Waals surface area contributed by atoms with Gasteiger partial charge in [0, 0.05) is 17.4 Å². The molecule has 11 heavy (non-hydrogen) atoms. The second kappa shape index (κ2) is 2.77. The maximum atomic E-state index is 4.23. The number of aryl methyl sites for hydroxylation is 1. The van der Waals surface area contributed by atoms with Crippen molar-refractivity contribution in [1.82, 2.24) is 9.55 Å². The van der Waals surface area contributed by atoms with Crippen molar-refractivity contribution in [1.29, 1.82) is 0 Å². The smallest absolute Gasteiger partial charge is 0.171 e. The van der Waals surface area contributed by atoms with Crippen molar-refractivity contribution in [2.45, 2.75) is 33.2 Å². The topological polar surface area (TPSA) is 17.8 Å². The lowest BCUT2D eigenvalue weighted by atomic mass is 10.1. The van der Waals surface area contributed by atoms with E-state index in [9.17, 15) is 0 Å². The third-order valence-electron chi connectivity index (χ3n) is 1.57. The third kappa shape index (κ3) is 1.75. The summed E-state index contributed by atoms with van der Waals surface area (Å²) in [4.78, 5) is 4.23. The Morgan fingerprint density at radius 2 is 2.00 bits per heavy atom. The Balaban J connectivity index is 3.21. The van der Waals surface area contributed by atoms with E-state index < -0.39 is 0 Å². The van der Waals surface area contributed by atoms with Crippen LogP contribution in [0.25, 0.3) is 0 Å². The van der Waals surface area contributed by atoms with Crippen LogP contribution in [0, 0.1) is 10.8 Å². The molecule has 1 aromatic rings. The predicted octanol–water partition coefficient (Wildman–Crippen LogP) is 2.55. The molecule has 0 saturated carbocycles. The molecular weight excluding hydrogens is 251 g/mol. The molecule has 0 fully saturated rings. The molecule has 0 unspecified atom stereocenters. The van der Waals surface area contributed by atoms with Gasteiger partial charge in [0.2, 0.25) is 0 Å². The van der Waals surface area contributed by atoms with Crippen LogP contribution in [0.1, 0.15) is 26.5 Å². The van der Waals surface area contributed by atoms with E-state index in [1.165, 1.54) is 5.69 Å². The van der Waals surface area contributed by atoms with E-state index in [0.29, 0.717) is 0 Å². The largest absolute Gasteiger partial charge is 0.319 e. The average molecular weight is 264 g/mol. The summed E-state index contributed by atoms with van der Waals surface area (Å²) in [7, 11) is 0. The van der Waals surface area contributed by atoms with Crippen molar-refractivity contribution in [3.8, 4) is 0 Å². The highest BCUT2D eigenvalue weighted by Gasteiger charge is 2.17. The van der Waals surface area contributed by atoms with Crippen molar-refractivity contribution >= 4 is 22.6 Å². The summed E-state index contributed by atoms with van der Waals surface area (Å²) in [5.41, 5.74) is 1.37. The molecule has 0 amide bonds. The molecule has 0 spiro atoms. The monoisotopic (exact) mass is 264 g/mol. The third-order valence-corrected chi connectivity index (χ3v) is 2.33.